The number of fused-ring (bicyclic) bond motifs is 4. The summed E-state index contributed by atoms with van der Waals surface area (Å²) >= 11 is 0. The Morgan fingerprint density at radius 1 is 0.943 bits per heavy atom. The Balaban J connectivity index is 1.50. The Kier molecular flexibility index (Phi) is 6.21. The van der Waals surface area contributed by atoms with Gasteiger partial charge in [-0.2, -0.15) is 5.10 Å². The van der Waals surface area contributed by atoms with E-state index in [0.717, 1.165) is 78.1 Å². The summed E-state index contributed by atoms with van der Waals surface area (Å²) in [4.78, 5) is 14.6. The number of rotatable bonds is 2. The lowest BCUT2D eigenvalue weighted by molar-refractivity contribution is -0.0365. The Bertz CT molecular complexity index is 1210. The highest BCUT2D eigenvalue weighted by Gasteiger charge is 2.23. The number of ether oxygens (including phenoxy) is 3. The fraction of sp³-hybridized carbons (Fsp3) is 0.481. The van der Waals surface area contributed by atoms with Gasteiger partial charge in [0.2, 0.25) is 0 Å². The van der Waals surface area contributed by atoms with Crippen LogP contribution in [0.4, 0.5) is 10.5 Å². The summed E-state index contributed by atoms with van der Waals surface area (Å²) in [6.45, 7) is 4.06. The molecule has 2 aromatic carbocycles. The number of hydrogen-bond donors (Lipinski definition) is 1. The first-order valence-corrected chi connectivity index (χ1v) is 12.8. The number of nitrogens with zero attached hydrogens (tertiary/aromatic N) is 3. The molecule has 3 aliphatic rings. The van der Waals surface area contributed by atoms with Gasteiger partial charge in [0.15, 0.2) is 6.23 Å². The molecule has 3 aliphatic heterocycles. The van der Waals surface area contributed by atoms with Gasteiger partial charge >= 0.3 is 6.09 Å². The summed E-state index contributed by atoms with van der Waals surface area (Å²) in [5.41, 5.74) is 5.07. The van der Waals surface area contributed by atoms with Crippen molar-refractivity contribution in [1.82, 2.24) is 15.1 Å². The van der Waals surface area contributed by atoms with Gasteiger partial charge in [-0.3, -0.25) is 0 Å². The van der Waals surface area contributed by atoms with E-state index in [-0.39, 0.29) is 12.8 Å². The van der Waals surface area contributed by atoms with Crippen molar-refractivity contribution in [2.75, 3.05) is 37.7 Å². The second kappa shape index (κ2) is 9.77. The van der Waals surface area contributed by atoms with E-state index in [1.807, 2.05) is 10.7 Å². The van der Waals surface area contributed by atoms with E-state index in [1.165, 1.54) is 12.8 Å². The Morgan fingerprint density at radius 3 is 2.71 bits per heavy atom. The largest absolute Gasteiger partial charge is 0.494 e. The maximum Gasteiger partial charge on any atom is 0.407 e. The first-order valence-electron chi connectivity index (χ1n) is 12.8. The summed E-state index contributed by atoms with van der Waals surface area (Å²) in [6, 6.07) is 12.6. The molecular weight excluding hydrogens is 444 g/mol. The summed E-state index contributed by atoms with van der Waals surface area (Å²) in [6.07, 6.45) is 5.79. The Morgan fingerprint density at radius 2 is 1.86 bits per heavy atom. The fourth-order valence-electron chi connectivity index (χ4n) is 5.26. The third kappa shape index (κ3) is 4.67. The molecule has 35 heavy (non-hydrogen) atoms. The SMILES string of the molecule is O=C1NCCCOc2ccc3c(c2)c(nn3C2CCCCO2)-c2cc(cc(N3CCCC3)c2)CO1. The summed E-state index contributed by atoms with van der Waals surface area (Å²) < 4.78 is 19.7. The van der Waals surface area contributed by atoms with Crippen LogP contribution in [0.25, 0.3) is 22.2 Å². The van der Waals surface area contributed by atoms with E-state index < -0.39 is 6.09 Å². The van der Waals surface area contributed by atoms with Crippen molar-refractivity contribution in [1.29, 1.82) is 0 Å². The second-order valence-corrected chi connectivity index (χ2v) is 9.58. The van der Waals surface area contributed by atoms with Gasteiger partial charge in [0.1, 0.15) is 18.1 Å². The standard InChI is InChI=1S/C27H32N4O4/c32-27-28-9-5-13-33-22-7-8-24-23(17-22)26(29-31(24)25-6-1-4-12-34-25)20-14-19(18-35-27)15-21(16-20)30-10-2-3-11-30/h7-8,14-17,25H,1-6,9-13,18H2,(H,28,32). The van der Waals surface area contributed by atoms with Crippen LogP contribution in [0.1, 0.15) is 50.3 Å². The van der Waals surface area contributed by atoms with E-state index in [2.05, 4.69) is 40.5 Å². The molecule has 1 aromatic heterocycles. The van der Waals surface area contributed by atoms with Crippen molar-refractivity contribution >= 4 is 22.7 Å². The van der Waals surface area contributed by atoms with Crippen molar-refractivity contribution in [2.24, 2.45) is 0 Å². The highest BCUT2D eigenvalue weighted by molar-refractivity contribution is 5.95. The number of benzene rings is 2. The van der Waals surface area contributed by atoms with Crippen molar-refractivity contribution in [3.63, 3.8) is 0 Å². The number of nitrogens with one attached hydrogen (secondary N) is 1. The Hall–Kier alpha value is -3.26. The predicted octanol–water partition coefficient (Wildman–Crippen LogP) is 5.01. The lowest BCUT2D eigenvalue weighted by Crippen LogP contribution is -2.26. The fourth-order valence-corrected chi connectivity index (χ4v) is 5.26. The maximum atomic E-state index is 12.2. The smallest absolute Gasteiger partial charge is 0.407 e. The van der Waals surface area contributed by atoms with Crippen LogP contribution >= 0.6 is 0 Å². The minimum Gasteiger partial charge on any atom is -0.494 e. The van der Waals surface area contributed by atoms with Crippen molar-refractivity contribution < 1.29 is 19.0 Å². The van der Waals surface area contributed by atoms with Crippen LogP contribution in [-0.4, -0.2) is 48.7 Å². The molecule has 1 N–H and O–H groups in total. The molecule has 1 atom stereocenters. The highest BCUT2D eigenvalue weighted by atomic mass is 16.5. The van der Waals surface area contributed by atoms with Crippen molar-refractivity contribution in [3.8, 4) is 17.0 Å². The van der Waals surface area contributed by atoms with Crippen LogP contribution in [-0.2, 0) is 16.1 Å². The molecule has 0 saturated carbocycles. The van der Waals surface area contributed by atoms with Crippen LogP contribution in [0.2, 0.25) is 0 Å². The third-order valence-electron chi connectivity index (χ3n) is 7.06. The average Bonchev–Trinajstić information content (AvgIpc) is 3.56. The van der Waals surface area contributed by atoms with Crippen molar-refractivity contribution in [3.05, 3.63) is 42.0 Å². The zero-order chi connectivity index (χ0) is 23.6. The molecule has 8 heteroatoms. The lowest BCUT2D eigenvalue weighted by atomic mass is 10.0. The molecule has 184 valence electrons. The molecule has 2 saturated heterocycles. The summed E-state index contributed by atoms with van der Waals surface area (Å²) in [5, 5.41) is 8.98. The topological polar surface area (TPSA) is 77.8 Å². The van der Waals surface area contributed by atoms with Crippen LogP contribution in [0.3, 0.4) is 0 Å². The maximum absolute atomic E-state index is 12.2. The molecule has 1 unspecified atom stereocenters. The number of hydrogen-bond acceptors (Lipinski definition) is 6. The lowest BCUT2D eigenvalue weighted by Gasteiger charge is -2.23. The number of amides is 1. The van der Waals surface area contributed by atoms with Crippen LogP contribution in [0.5, 0.6) is 5.75 Å². The van der Waals surface area contributed by atoms with Gasteiger partial charge in [0, 0.05) is 42.9 Å². The minimum absolute atomic E-state index is 0.0642. The van der Waals surface area contributed by atoms with Gasteiger partial charge in [-0.05, 0) is 80.5 Å². The molecule has 8 nitrogen and oxygen atoms in total. The number of anilines is 1. The van der Waals surface area contributed by atoms with E-state index >= 15 is 0 Å². The molecule has 2 fully saturated rings. The normalized spacial score (nSPS) is 21.2. The third-order valence-corrected chi connectivity index (χ3v) is 7.06. The van der Waals surface area contributed by atoms with Gasteiger partial charge in [-0.15, -0.1) is 0 Å². The van der Waals surface area contributed by atoms with Gasteiger partial charge in [0.25, 0.3) is 0 Å². The number of carbonyl (C=O) groups excluding carboxylic acids is 1. The minimum atomic E-state index is -0.408. The summed E-state index contributed by atoms with van der Waals surface area (Å²) in [7, 11) is 0. The summed E-state index contributed by atoms with van der Waals surface area (Å²) in [5.74, 6) is 0.802. The molecule has 0 radical (unpaired) electrons. The van der Waals surface area contributed by atoms with Gasteiger partial charge in [-0.1, -0.05) is 0 Å². The highest BCUT2D eigenvalue weighted by Crippen LogP contribution is 2.37. The van der Waals surface area contributed by atoms with Crippen LogP contribution in [0, 0.1) is 0 Å². The van der Waals surface area contributed by atoms with Gasteiger partial charge in [0.05, 0.1) is 12.1 Å². The van der Waals surface area contributed by atoms with Crippen LogP contribution < -0.4 is 15.0 Å². The molecule has 4 heterocycles. The predicted molar refractivity (Wildman–Crippen MR) is 134 cm³/mol. The van der Waals surface area contributed by atoms with E-state index in [4.69, 9.17) is 19.3 Å². The number of carbonyl (C=O) groups is 1. The van der Waals surface area contributed by atoms with E-state index in [0.29, 0.717) is 19.6 Å². The molecular formula is C27H32N4O4. The number of alkyl carbamates (subject to hydrolysis) is 1. The molecule has 1 amide bonds. The number of aromatic nitrogens is 2. The molecule has 0 spiro atoms. The van der Waals surface area contributed by atoms with Gasteiger partial charge in [-0.25, -0.2) is 9.48 Å². The van der Waals surface area contributed by atoms with Crippen molar-refractivity contribution in [2.45, 2.75) is 51.4 Å². The monoisotopic (exact) mass is 476 g/mol. The zero-order valence-electron chi connectivity index (χ0n) is 20.0. The molecule has 0 aliphatic carbocycles. The van der Waals surface area contributed by atoms with Gasteiger partial charge < -0.3 is 24.4 Å². The van der Waals surface area contributed by atoms with E-state index in [1.54, 1.807) is 0 Å². The Labute approximate surface area is 205 Å². The second-order valence-electron chi connectivity index (χ2n) is 9.58. The molecule has 6 rings (SSSR count). The van der Waals surface area contributed by atoms with E-state index in [9.17, 15) is 4.79 Å². The average molecular weight is 477 g/mol. The van der Waals surface area contributed by atoms with Crippen LogP contribution in [0.15, 0.2) is 36.4 Å². The zero-order valence-corrected chi connectivity index (χ0v) is 20.0. The molecule has 3 aromatic rings. The quantitative estimate of drug-likeness (QED) is 0.560. The first kappa shape index (κ1) is 22.2. The first-order chi connectivity index (χ1) is 17.2. The molecule has 4 bridgehead atoms. The number of cyclic esters (lactones) is 1.